The van der Waals surface area contributed by atoms with Crippen LogP contribution < -0.4 is 4.72 Å². The van der Waals surface area contributed by atoms with E-state index in [-0.39, 0.29) is 11.4 Å². The fourth-order valence-electron chi connectivity index (χ4n) is 2.45. The summed E-state index contributed by atoms with van der Waals surface area (Å²) in [5, 5.41) is 2.89. The standard InChI is InChI=1S/C18H17BrN2O2S2/c1-12-6-7-15(17-11-24-13(2)21-17)9-18(12)25(22,23)20-10-14-4-3-5-16(19)8-14/h3-9,11,20H,10H2,1-2H3. The topological polar surface area (TPSA) is 59.1 Å². The van der Waals surface area contributed by atoms with Crippen LogP contribution in [0, 0.1) is 13.8 Å². The minimum Gasteiger partial charge on any atom is -0.242 e. The van der Waals surface area contributed by atoms with Gasteiger partial charge in [0.15, 0.2) is 0 Å². The van der Waals surface area contributed by atoms with Crippen molar-refractivity contribution in [2.75, 3.05) is 0 Å². The number of nitrogens with zero attached hydrogens (tertiary/aromatic N) is 1. The number of benzene rings is 2. The summed E-state index contributed by atoms with van der Waals surface area (Å²) in [4.78, 5) is 4.72. The van der Waals surface area contributed by atoms with Crippen molar-refractivity contribution in [2.45, 2.75) is 25.3 Å². The third kappa shape index (κ3) is 4.36. The maximum absolute atomic E-state index is 12.8. The zero-order valence-electron chi connectivity index (χ0n) is 13.8. The van der Waals surface area contributed by atoms with Crippen LogP contribution in [0.15, 0.2) is 57.2 Å². The molecule has 0 fully saturated rings. The van der Waals surface area contributed by atoms with Crippen molar-refractivity contribution in [1.29, 1.82) is 0 Å². The van der Waals surface area contributed by atoms with Crippen LogP contribution in [0.1, 0.15) is 16.1 Å². The minimum absolute atomic E-state index is 0.237. The molecule has 0 saturated heterocycles. The first kappa shape index (κ1) is 18.3. The normalized spacial score (nSPS) is 11.6. The molecule has 1 N–H and O–H groups in total. The number of rotatable bonds is 5. The molecule has 7 heteroatoms. The van der Waals surface area contributed by atoms with E-state index in [0.29, 0.717) is 5.56 Å². The predicted octanol–water partition coefficient (Wildman–Crippen LogP) is 4.67. The summed E-state index contributed by atoms with van der Waals surface area (Å²) >= 11 is 4.94. The quantitative estimate of drug-likeness (QED) is 0.631. The van der Waals surface area contributed by atoms with E-state index in [0.717, 1.165) is 26.3 Å². The van der Waals surface area contributed by atoms with Crippen molar-refractivity contribution in [3.8, 4) is 11.3 Å². The fraction of sp³-hybridized carbons (Fsp3) is 0.167. The Hall–Kier alpha value is -1.54. The first-order chi connectivity index (χ1) is 11.8. The van der Waals surface area contributed by atoms with Gasteiger partial charge in [0.05, 0.1) is 15.6 Å². The first-order valence-corrected chi connectivity index (χ1v) is 10.8. The molecule has 0 amide bonds. The Kier molecular flexibility index (Phi) is 5.38. The lowest BCUT2D eigenvalue weighted by Gasteiger charge is -2.11. The van der Waals surface area contributed by atoms with Gasteiger partial charge in [0.2, 0.25) is 10.0 Å². The van der Waals surface area contributed by atoms with Crippen molar-refractivity contribution in [3.63, 3.8) is 0 Å². The second-order valence-electron chi connectivity index (χ2n) is 5.69. The number of aromatic nitrogens is 1. The molecular weight excluding hydrogens is 420 g/mol. The van der Waals surface area contributed by atoms with E-state index in [2.05, 4.69) is 25.6 Å². The van der Waals surface area contributed by atoms with Gasteiger partial charge in [-0.25, -0.2) is 18.1 Å². The highest BCUT2D eigenvalue weighted by molar-refractivity contribution is 9.10. The van der Waals surface area contributed by atoms with Crippen molar-refractivity contribution in [3.05, 3.63) is 68.5 Å². The molecule has 4 nitrogen and oxygen atoms in total. The number of hydrogen-bond acceptors (Lipinski definition) is 4. The number of sulfonamides is 1. The van der Waals surface area contributed by atoms with Gasteiger partial charge in [-0.1, -0.05) is 40.2 Å². The number of hydrogen-bond donors (Lipinski definition) is 1. The van der Waals surface area contributed by atoms with Crippen molar-refractivity contribution in [2.24, 2.45) is 0 Å². The van der Waals surface area contributed by atoms with Crippen molar-refractivity contribution >= 4 is 37.3 Å². The molecule has 1 heterocycles. The van der Waals surface area contributed by atoms with Crippen LogP contribution in [-0.2, 0) is 16.6 Å². The molecule has 0 bridgehead atoms. The SMILES string of the molecule is Cc1nc(-c2ccc(C)c(S(=O)(=O)NCc3cccc(Br)c3)c2)cs1. The lowest BCUT2D eigenvalue weighted by Crippen LogP contribution is -2.24. The summed E-state index contributed by atoms with van der Waals surface area (Å²) in [6.45, 7) is 3.96. The highest BCUT2D eigenvalue weighted by Crippen LogP contribution is 2.26. The predicted molar refractivity (Wildman–Crippen MR) is 105 cm³/mol. The van der Waals surface area contributed by atoms with E-state index in [1.54, 1.807) is 24.3 Å². The van der Waals surface area contributed by atoms with E-state index in [9.17, 15) is 8.42 Å². The average Bonchev–Trinajstić information content (AvgIpc) is 3.00. The Morgan fingerprint density at radius 2 is 1.96 bits per heavy atom. The molecule has 0 unspecified atom stereocenters. The van der Waals surface area contributed by atoms with Gasteiger partial charge in [-0.05, 0) is 43.2 Å². The van der Waals surface area contributed by atoms with E-state index in [4.69, 9.17) is 0 Å². The summed E-state index contributed by atoms with van der Waals surface area (Å²) in [7, 11) is -3.62. The minimum atomic E-state index is -3.62. The van der Waals surface area contributed by atoms with Gasteiger partial charge in [-0.2, -0.15) is 0 Å². The van der Waals surface area contributed by atoms with Crippen LogP contribution in [0.2, 0.25) is 0 Å². The third-order valence-electron chi connectivity index (χ3n) is 3.75. The molecule has 25 heavy (non-hydrogen) atoms. The molecule has 0 aliphatic heterocycles. The summed E-state index contributed by atoms with van der Waals surface area (Å²) < 4.78 is 29.1. The zero-order valence-corrected chi connectivity index (χ0v) is 17.0. The average molecular weight is 437 g/mol. The number of aryl methyl sites for hydroxylation is 2. The molecule has 1 aromatic heterocycles. The second kappa shape index (κ2) is 7.37. The number of thiazole rings is 1. The van der Waals surface area contributed by atoms with Crippen LogP contribution in [0.25, 0.3) is 11.3 Å². The largest absolute Gasteiger partial charge is 0.242 e. The highest BCUT2D eigenvalue weighted by Gasteiger charge is 2.18. The number of halogens is 1. The zero-order chi connectivity index (χ0) is 18.0. The molecule has 3 rings (SSSR count). The number of nitrogens with one attached hydrogen (secondary N) is 1. The molecule has 0 aliphatic carbocycles. The van der Waals surface area contributed by atoms with E-state index in [1.807, 2.05) is 48.7 Å². The van der Waals surface area contributed by atoms with Gasteiger partial charge >= 0.3 is 0 Å². The van der Waals surface area contributed by atoms with Crippen LogP contribution >= 0.6 is 27.3 Å². The highest BCUT2D eigenvalue weighted by atomic mass is 79.9. The molecule has 0 aliphatic rings. The maximum atomic E-state index is 12.8. The first-order valence-electron chi connectivity index (χ1n) is 7.62. The van der Waals surface area contributed by atoms with Crippen LogP contribution in [-0.4, -0.2) is 13.4 Å². The lowest BCUT2D eigenvalue weighted by atomic mass is 10.1. The Bertz CT molecular complexity index is 1010. The van der Waals surface area contributed by atoms with Gasteiger partial charge in [0.25, 0.3) is 0 Å². The molecule has 0 radical (unpaired) electrons. The van der Waals surface area contributed by atoms with E-state index in [1.165, 1.54) is 0 Å². The molecule has 2 aromatic carbocycles. The van der Waals surface area contributed by atoms with Crippen LogP contribution in [0.5, 0.6) is 0 Å². The molecule has 0 atom stereocenters. The fourth-order valence-corrected chi connectivity index (χ4v) is 4.80. The van der Waals surface area contributed by atoms with Gasteiger partial charge < -0.3 is 0 Å². The smallest absolute Gasteiger partial charge is 0.241 e. The van der Waals surface area contributed by atoms with Gasteiger partial charge in [0.1, 0.15) is 0 Å². The molecule has 0 spiro atoms. The van der Waals surface area contributed by atoms with Crippen molar-refractivity contribution < 1.29 is 8.42 Å². The Labute approximate surface area is 160 Å². The molecule has 130 valence electrons. The summed E-state index contributed by atoms with van der Waals surface area (Å²) in [6.07, 6.45) is 0. The molecule has 3 aromatic rings. The maximum Gasteiger partial charge on any atom is 0.241 e. The van der Waals surface area contributed by atoms with Gasteiger partial charge in [0, 0.05) is 22.0 Å². The van der Waals surface area contributed by atoms with Crippen molar-refractivity contribution in [1.82, 2.24) is 9.71 Å². The Morgan fingerprint density at radius 1 is 1.16 bits per heavy atom. The Balaban J connectivity index is 1.88. The second-order valence-corrected chi connectivity index (χ2v) is 9.40. The molecule has 0 saturated carbocycles. The van der Waals surface area contributed by atoms with Gasteiger partial charge in [-0.15, -0.1) is 11.3 Å². The van der Waals surface area contributed by atoms with E-state index >= 15 is 0 Å². The van der Waals surface area contributed by atoms with Crippen LogP contribution in [0.3, 0.4) is 0 Å². The third-order valence-corrected chi connectivity index (χ3v) is 6.56. The van der Waals surface area contributed by atoms with Crippen LogP contribution in [0.4, 0.5) is 0 Å². The van der Waals surface area contributed by atoms with E-state index < -0.39 is 10.0 Å². The summed E-state index contributed by atoms with van der Waals surface area (Å²) in [5.41, 5.74) is 3.20. The Morgan fingerprint density at radius 3 is 2.64 bits per heavy atom. The summed E-state index contributed by atoms with van der Waals surface area (Å²) in [6, 6.07) is 13.0. The summed E-state index contributed by atoms with van der Waals surface area (Å²) in [5.74, 6) is 0. The lowest BCUT2D eigenvalue weighted by molar-refractivity contribution is 0.580. The molecular formula is C18H17BrN2O2S2. The monoisotopic (exact) mass is 436 g/mol. The van der Waals surface area contributed by atoms with Gasteiger partial charge in [-0.3, -0.25) is 0 Å².